The summed E-state index contributed by atoms with van der Waals surface area (Å²) in [6.45, 7) is 1.83. The van der Waals surface area contributed by atoms with E-state index in [2.05, 4.69) is 17.2 Å². The number of nitrogens with zero attached hydrogens (tertiary/aromatic N) is 1. The van der Waals surface area contributed by atoms with Crippen molar-refractivity contribution in [1.29, 1.82) is 0 Å². The van der Waals surface area contributed by atoms with Crippen LogP contribution in [0.3, 0.4) is 0 Å². The first-order chi connectivity index (χ1) is 10.0. The molecular formula is C16H20N2O3. The molecule has 0 saturated heterocycles. The minimum absolute atomic E-state index is 0.108. The molecule has 1 unspecified atom stereocenters. The minimum atomic E-state index is -0.292. The van der Waals surface area contributed by atoms with Crippen molar-refractivity contribution in [3.63, 3.8) is 0 Å². The molecule has 1 atom stereocenters. The fraction of sp³-hybridized carbons (Fsp3) is 0.375. The van der Waals surface area contributed by atoms with Crippen LogP contribution in [0.15, 0.2) is 24.3 Å². The molecule has 0 aliphatic heterocycles. The highest BCUT2D eigenvalue weighted by molar-refractivity contribution is 5.96. The Morgan fingerprint density at radius 3 is 2.67 bits per heavy atom. The van der Waals surface area contributed by atoms with Crippen molar-refractivity contribution in [2.75, 3.05) is 27.2 Å². The van der Waals surface area contributed by atoms with Crippen molar-refractivity contribution in [2.24, 2.45) is 5.92 Å². The van der Waals surface area contributed by atoms with E-state index < -0.39 is 0 Å². The highest BCUT2D eigenvalue weighted by Gasteiger charge is 2.19. The normalized spacial score (nSPS) is 11.0. The lowest BCUT2D eigenvalue weighted by Gasteiger charge is -2.21. The fourth-order valence-electron chi connectivity index (χ4n) is 1.94. The van der Waals surface area contributed by atoms with Gasteiger partial charge in [-0.05, 0) is 12.1 Å². The molecule has 0 aliphatic carbocycles. The lowest BCUT2D eigenvalue weighted by atomic mass is 10.1. The Morgan fingerprint density at radius 1 is 1.38 bits per heavy atom. The van der Waals surface area contributed by atoms with Gasteiger partial charge in [0, 0.05) is 26.2 Å². The molecular weight excluding hydrogens is 268 g/mol. The molecule has 0 heterocycles. The number of aliphatic hydroxyl groups excluding tert-OH is 1. The van der Waals surface area contributed by atoms with Gasteiger partial charge < -0.3 is 15.3 Å². The molecule has 0 spiro atoms. The van der Waals surface area contributed by atoms with E-state index in [0.29, 0.717) is 17.7 Å². The third-order valence-electron chi connectivity index (χ3n) is 3.05. The summed E-state index contributed by atoms with van der Waals surface area (Å²) < 4.78 is 0. The number of carbonyl (C=O) groups is 2. The average Bonchev–Trinajstić information content (AvgIpc) is 2.51. The Bertz CT molecular complexity index is 572. The number of amides is 2. The number of aliphatic hydroxyl groups is 1. The van der Waals surface area contributed by atoms with Crippen molar-refractivity contribution >= 4 is 11.8 Å². The van der Waals surface area contributed by atoms with E-state index in [1.165, 1.54) is 4.90 Å². The molecule has 21 heavy (non-hydrogen) atoms. The summed E-state index contributed by atoms with van der Waals surface area (Å²) in [5.74, 6) is 4.70. The van der Waals surface area contributed by atoms with Gasteiger partial charge >= 0.3 is 0 Å². The predicted octanol–water partition coefficient (Wildman–Crippen LogP) is 0.484. The van der Waals surface area contributed by atoms with Gasteiger partial charge in [0.15, 0.2) is 0 Å². The number of carbonyl (C=O) groups excluding carboxylic acids is 2. The highest BCUT2D eigenvalue weighted by atomic mass is 16.2. The van der Waals surface area contributed by atoms with Crippen LogP contribution in [-0.2, 0) is 4.79 Å². The van der Waals surface area contributed by atoms with Gasteiger partial charge in [0.25, 0.3) is 5.91 Å². The molecule has 2 amide bonds. The average molecular weight is 288 g/mol. The minimum Gasteiger partial charge on any atom is -0.384 e. The van der Waals surface area contributed by atoms with Crippen LogP contribution in [0, 0.1) is 17.8 Å². The maximum Gasteiger partial charge on any atom is 0.254 e. The van der Waals surface area contributed by atoms with Crippen LogP contribution in [0.4, 0.5) is 0 Å². The lowest BCUT2D eigenvalue weighted by molar-refractivity contribution is -0.124. The van der Waals surface area contributed by atoms with Gasteiger partial charge in [-0.3, -0.25) is 9.59 Å². The van der Waals surface area contributed by atoms with E-state index in [1.807, 2.05) is 0 Å². The van der Waals surface area contributed by atoms with Crippen LogP contribution < -0.4 is 5.32 Å². The van der Waals surface area contributed by atoms with E-state index in [9.17, 15) is 9.59 Å². The Balaban J connectivity index is 2.90. The SMILES string of the molecule is CNC(=O)C(C)CN(C)C(=O)c1ccccc1C#CCO. The maximum absolute atomic E-state index is 12.4. The molecule has 0 radical (unpaired) electrons. The smallest absolute Gasteiger partial charge is 0.254 e. The number of hydrogen-bond donors (Lipinski definition) is 2. The first-order valence-electron chi connectivity index (χ1n) is 6.67. The summed E-state index contributed by atoms with van der Waals surface area (Å²) >= 11 is 0. The molecule has 1 aromatic carbocycles. The number of nitrogens with one attached hydrogen (secondary N) is 1. The third kappa shape index (κ3) is 4.62. The first kappa shape index (κ1) is 16.7. The number of rotatable bonds is 4. The second kappa shape index (κ2) is 8.08. The van der Waals surface area contributed by atoms with Crippen LogP contribution in [-0.4, -0.2) is 49.1 Å². The first-order valence-corrected chi connectivity index (χ1v) is 6.67. The maximum atomic E-state index is 12.4. The van der Waals surface area contributed by atoms with E-state index in [1.54, 1.807) is 45.3 Å². The van der Waals surface area contributed by atoms with Gasteiger partial charge in [-0.2, -0.15) is 0 Å². The lowest BCUT2D eigenvalue weighted by Crippen LogP contribution is -2.37. The van der Waals surface area contributed by atoms with E-state index in [-0.39, 0.29) is 24.3 Å². The van der Waals surface area contributed by atoms with E-state index in [4.69, 9.17) is 5.11 Å². The summed E-state index contributed by atoms with van der Waals surface area (Å²) in [6.07, 6.45) is 0. The Kier molecular flexibility index (Phi) is 6.44. The van der Waals surface area contributed by atoms with E-state index in [0.717, 1.165) is 0 Å². The van der Waals surface area contributed by atoms with Gasteiger partial charge in [-0.25, -0.2) is 0 Å². The molecule has 0 bridgehead atoms. The van der Waals surface area contributed by atoms with Crippen molar-refractivity contribution in [1.82, 2.24) is 10.2 Å². The standard InChI is InChI=1S/C16H20N2O3/c1-12(15(20)17-2)11-18(3)16(21)14-9-5-4-7-13(14)8-6-10-19/h4-5,7,9,12,19H,10-11H2,1-3H3,(H,17,20). The Morgan fingerprint density at radius 2 is 2.05 bits per heavy atom. The largest absolute Gasteiger partial charge is 0.384 e. The summed E-state index contributed by atoms with van der Waals surface area (Å²) in [5, 5.41) is 11.3. The quantitative estimate of drug-likeness (QED) is 0.792. The van der Waals surface area contributed by atoms with Gasteiger partial charge in [-0.1, -0.05) is 30.9 Å². The zero-order chi connectivity index (χ0) is 15.8. The summed E-state index contributed by atoms with van der Waals surface area (Å²) in [5.41, 5.74) is 1.03. The van der Waals surface area contributed by atoms with Crippen LogP contribution >= 0.6 is 0 Å². The van der Waals surface area contributed by atoms with Crippen LogP contribution in [0.25, 0.3) is 0 Å². The summed E-state index contributed by atoms with van der Waals surface area (Å²) in [4.78, 5) is 25.5. The van der Waals surface area contributed by atoms with Gasteiger partial charge in [-0.15, -0.1) is 0 Å². The zero-order valence-corrected chi connectivity index (χ0v) is 12.5. The molecule has 0 saturated carbocycles. The molecule has 0 aliphatic rings. The summed E-state index contributed by atoms with van der Waals surface area (Å²) in [7, 11) is 3.22. The molecule has 5 nitrogen and oxygen atoms in total. The zero-order valence-electron chi connectivity index (χ0n) is 12.5. The number of hydrogen-bond acceptors (Lipinski definition) is 3. The molecule has 5 heteroatoms. The summed E-state index contributed by atoms with van der Waals surface area (Å²) in [6, 6.07) is 6.95. The Labute approximate surface area is 125 Å². The Hall–Kier alpha value is -2.32. The van der Waals surface area contributed by atoms with Crippen LogP contribution in [0.1, 0.15) is 22.8 Å². The van der Waals surface area contributed by atoms with E-state index >= 15 is 0 Å². The molecule has 0 fully saturated rings. The fourth-order valence-corrected chi connectivity index (χ4v) is 1.94. The monoisotopic (exact) mass is 288 g/mol. The predicted molar refractivity (Wildman–Crippen MR) is 80.6 cm³/mol. The van der Waals surface area contributed by atoms with Gasteiger partial charge in [0.2, 0.25) is 5.91 Å². The topological polar surface area (TPSA) is 69.6 Å². The van der Waals surface area contributed by atoms with Gasteiger partial charge in [0.05, 0.1) is 11.5 Å². The van der Waals surface area contributed by atoms with Crippen LogP contribution in [0.5, 0.6) is 0 Å². The van der Waals surface area contributed by atoms with Crippen molar-refractivity contribution in [2.45, 2.75) is 6.92 Å². The second-order valence-corrected chi connectivity index (χ2v) is 4.71. The molecule has 0 aromatic heterocycles. The molecule has 1 aromatic rings. The van der Waals surface area contributed by atoms with Crippen molar-refractivity contribution < 1.29 is 14.7 Å². The third-order valence-corrected chi connectivity index (χ3v) is 3.05. The van der Waals surface area contributed by atoms with Crippen LogP contribution in [0.2, 0.25) is 0 Å². The molecule has 112 valence electrons. The van der Waals surface area contributed by atoms with Crippen molar-refractivity contribution in [3.05, 3.63) is 35.4 Å². The second-order valence-electron chi connectivity index (χ2n) is 4.71. The highest BCUT2D eigenvalue weighted by Crippen LogP contribution is 2.11. The number of benzene rings is 1. The van der Waals surface area contributed by atoms with Gasteiger partial charge in [0.1, 0.15) is 6.61 Å². The van der Waals surface area contributed by atoms with Crippen molar-refractivity contribution in [3.8, 4) is 11.8 Å². The molecule has 1 rings (SSSR count). The molecule has 2 N–H and O–H groups in total.